The highest BCUT2D eigenvalue weighted by Crippen LogP contribution is 2.14. The summed E-state index contributed by atoms with van der Waals surface area (Å²) in [6.07, 6.45) is 0. The molecule has 0 radical (unpaired) electrons. The van der Waals surface area contributed by atoms with E-state index in [9.17, 15) is 4.39 Å². The molecule has 4 heteroatoms. The number of hydrogen-bond donors (Lipinski definition) is 2. The third-order valence-electron chi connectivity index (χ3n) is 1.54. The van der Waals surface area contributed by atoms with Crippen LogP contribution >= 0.6 is 0 Å². The van der Waals surface area contributed by atoms with Crippen molar-refractivity contribution in [3.05, 3.63) is 29.6 Å². The van der Waals surface area contributed by atoms with Crippen molar-refractivity contribution in [3.8, 4) is 5.75 Å². The molecule has 0 spiro atoms. The van der Waals surface area contributed by atoms with Crippen LogP contribution in [-0.2, 0) is 6.54 Å². The van der Waals surface area contributed by atoms with Gasteiger partial charge in [-0.25, -0.2) is 4.39 Å². The van der Waals surface area contributed by atoms with Crippen molar-refractivity contribution in [3.63, 3.8) is 0 Å². The van der Waals surface area contributed by atoms with Crippen molar-refractivity contribution in [2.75, 3.05) is 14.1 Å². The lowest BCUT2D eigenvalue weighted by Gasteiger charge is -2.11. The molecule has 0 fully saturated rings. The lowest BCUT2D eigenvalue weighted by Crippen LogP contribution is -2.29. The van der Waals surface area contributed by atoms with Crippen LogP contribution in [0.1, 0.15) is 5.56 Å². The third kappa shape index (κ3) is 3.40. The van der Waals surface area contributed by atoms with Gasteiger partial charge in [0.25, 0.3) is 0 Å². The van der Waals surface area contributed by atoms with E-state index in [0.717, 1.165) is 6.07 Å². The summed E-state index contributed by atoms with van der Waals surface area (Å²) in [7, 11) is 3.69. The van der Waals surface area contributed by atoms with Crippen LogP contribution in [0.2, 0.25) is 0 Å². The molecule has 13 heavy (non-hydrogen) atoms. The first-order valence-electron chi connectivity index (χ1n) is 3.97. The molecule has 0 saturated heterocycles. The molecule has 0 aliphatic heterocycles. The maximum absolute atomic E-state index is 12.8. The fourth-order valence-electron chi connectivity index (χ4n) is 0.985. The van der Waals surface area contributed by atoms with Crippen molar-refractivity contribution in [1.82, 2.24) is 10.4 Å². The van der Waals surface area contributed by atoms with Gasteiger partial charge in [0.2, 0.25) is 0 Å². The first-order chi connectivity index (χ1) is 6.08. The van der Waals surface area contributed by atoms with Gasteiger partial charge in [0, 0.05) is 26.7 Å². The highest BCUT2D eigenvalue weighted by molar-refractivity contribution is 5.28. The second-order valence-corrected chi connectivity index (χ2v) is 3.05. The van der Waals surface area contributed by atoms with E-state index in [0.29, 0.717) is 12.1 Å². The zero-order chi connectivity index (χ0) is 9.84. The summed E-state index contributed by atoms with van der Waals surface area (Å²) in [5.41, 5.74) is 3.69. The number of nitrogens with one attached hydrogen (secondary N) is 1. The maximum atomic E-state index is 12.8. The number of benzene rings is 1. The summed E-state index contributed by atoms with van der Waals surface area (Å²) >= 11 is 0. The summed E-state index contributed by atoms with van der Waals surface area (Å²) < 4.78 is 12.8. The van der Waals surface area contributed by atoms with Crippen LogP contribution in [0.4, 0.5) is 4.39 Å². The molecule has 1 aromatic rings. The number of phenols is 1. The molecule has 0 unspecified atom stereocenters. The Labute approximate surface area is 76.8 Å². The Bertz CT molecular complexity index is 269. The number of hydrazine groups is 1. The van der Waals surface area contributed by atoms with Crippen LogP contribution in [0.3, 0.4) is 0 Å². The van der Waals surface area contributed by atoms with Crippen LogP contribution in [0.15, 0.2) is 18.2 Å². The topological polar surface area (TPSA) is 35.5 Å². The number of halogens is 1. The summed E-state index contributed by atoms with van der Waals surface area (Å²) in [5.74, 6) is -0.467. The minimum Gasteiger partial charge on any atom is -0.508 e. The molecule has 0 aliphatic rings. The highest BCUT2D eigenvalue weighted by Gasteiger charge is 1.99. The molecule has 0 aromatic heterocycles. The van der Waals surface area contributed by atoms with Gasteiger partial charge >= 0.3 is 0 Å². The van der Waals surface area contributed by atoms with Crippen LogP contribution in [-0.4, -0.2) is 24.2 Å². The monoisotopic (exact) mass is 184 g/mol. The number of hydrogen-bond acceptors (Lipinski definition) is 3. The Hall–Kier alpha value is -1.13. The standard InChI is InChI=1S/C9H13FN2O/c1-12(2)11-6-7-3-8(10)5-9(13)4-7/h3-5,11,13H,6H2,1-2H3. The van der Waals surface area contributed by atoms with Crippen molar-refractivity contribution in [1.29, 1.82) is 0 Å². The molecule has 0 amide bonds. The average molecular weight is 184 g/mol. The molecule has 0 bridgehead atoms. The van der Waals surface area contributed by atoms with E-state index < -0.39 is 5.82 Å². The molecule has 1 rings (SSSR count). The van der Waals surface area contributed by atoms with Gasteiger partial charge in [0.15, 0.2) is 0 Å². The maximum Gasteiger partial charge on any atom is 0.127 e. The van der Waals surface area contributed by atoms with E-state index in [1.807, 2.05) is 14.1 Å². The number of phenolic OH excluding ortho intramolecular Hbond substituents is 1. The molecule has 72 valence electrons. The fraction of sp³-hybridized carbons (Fsp3) is 0.333. The normalized spacial score (nSPS) is 10.8. The summed E-state index contributed by atoms with van der Waals surface area (Å²) in [6.45, 7) is 0.498. The van der Waals surface area contributed by atoms with E-state index in [1.54, 1.807) is 5.01 Å². The minimum atomic E-state index is -0.421. The van der Waals surface area contributed by atoms with Gasteiger partial charge in [-0.05, 0) is 17.7 Å². The lowest BCUT2D eigenvalue weighted by atomic mass is 10.2. The predicted molar refractivity (Wildman–Crippen MR) is 48.6 cm³/mol. The minimum absolute atomic E-state index is 0.0458. The predicted octanol–water partition coefficient (Wildman–Crippen LogP) is 1.10. The van der Waals surface area contributed by atoms with Gasteiger partial charge in [0.1, 0.15) is 11.6 Å². The van der Waals surface area contributed by atoms with E-state index in [4.69, 9.17) is 5.11 Å². The average Bonchev–Trinajstić information content (AvgIpc) is 1.99. The Kier molecular flexibility index (Phi) is 3.22. The molecule has 0 aliphatic carbocycles. The highest BCUT2D eigenvalue weighted by atomic mass is 19.1. The van der Waals surface area contributed by atoms with E-state index in [1.165, 1.54) is 12.1 Å². The Morgan fingerprint density at radius 3 is 2.62 bits per heavy atom. The second-order valence-electron chi connectivity index (χ2n) is 3.05. The van der Waals surface area contributed by atoms with Crippen LogP contribution in [0, 0.1) is 5.82 Å². The van der Waals surface area contributed by atoms with Gasteiger partial charge in [0.05, 0.1) is 0 Å². The molecular weight excluding hydrogens is 171 g/mol. The molecule has 0 saturated carbocycles. The molecular formula is C9H13FN2O. The van der Waals surface area contributed by atoms with Crippen LogP contribution in [0.5, 0.6) is 5.75 Å². The van der Waals surface area contributed by atoms with E-state index in [-0.39, 0.29) is 5.75 Å². The number of aromatic hydroxyl groups is 1. The second kappa shape index (κ2) is 4.20. The summed E-state index contributed by atoms with van der Waals surface area (Å²) in [5, 5.41) is 10.8. The Morgan fingerprint density at radius 2 is 2.08 bits per heavy atom. The van der Waals surface area contributed by atoms with Gasteiger partial charge in [-0.3, -0.25) is 10.4 Å². The summed E-state index contributed by atoms with van der Waals surface area (Å²) in [4.78, 5) is 0. The van der Waals surface area contributed by atoms with Crippen molar-refractivity contribution in [2.45, 2.75) is 6.54 Å². The number of nitrogens with zero attached hydrogens (tertiary/aromatic N) is 1. The van der Waals surface area contributed by atoms with Gasteiger partial charge < -0.3 is 5.11 Å². The van der Waals surface area contributed by atoms with Gasteiger partial charge in [-0.1, -0.05) is 0 Å². The quantitative estimate of drug-likeness (QED) is 0.690. The van der Waals surface area contributed by atoms with Crippen molar-refractivity contribution < 1.29 is 9.50 Å². The molecule has 1 aromatic carbocycles. The SMILES string of the molecule is CN(C)NCc1cc(O)cc(F)c1. The number of rotatable bonds is 3. The van der Waals surface area contributed by atoms with Gasteiger partial charge in [-0.15, -0.1) is 0 Å². The molecule has 2 N–H and O–H groups in total. The Morgan fingerprint density at radius 1 is 1.38 bits per heavy atom. The fourth-order valence-corrected chi connectivity index (χ4v) is 0.985. The van der Waals surface area contributed by atoms with E-state index >= 15 is 0 Å². The molecule has 3 nitrogen and oxygen atoms in total. The van der Waals surface area contributed by atoms with Crippen molar-refractivity contribution >= 4 is 0 Å². The van der Waals surface area contributed by atoms with Gasteiger partial charge in [-0.2, -0.15) is 0 Å². The zero-order valence-corrected chi connectivity index (χ0v) is 7.71. The van der Waals surface area contributed by atoms with Crippen molar-refractivity contribution in [2.24, 2.45) is 0 Å². The van der Waals surface area contributed by atoms with E-state index in [2.05, 4.69) is 5.43 Å². The Balaban J connectivity index is 2.66. The smallest absolute Gasteiger partial charge is 0.127 e. The zero-order valence-electron chi connectivity index (χ0n) is 7.71. The van der Waals surface area contributed by atoms with Crippen LogP contribution < -0.4 is 5.43 Å². The summed E-state index contributed by atoms with van der Waals surface area (Å²) in [6, 6.07) is 4.00. The first kappa shape index (κ1) is 9.95. The largest absolute Gasteiger partial charge is 0.508 e. The molecule has 0 heterocycles. The van der Waals surface area contributed by atoms with Crippen LogP contribution in [0.25, 0.3) is 0 Å². The first-order valence-corrected chi connectivity index (χ1v) is 3.97. The molecule has 0 atom stereocenters. The lowest BCUT2D eigenvalue weighted by molar-refractivity contribution is 0.285. The third-order valence-corrected chi connectivity index (χ3v) is 1.54.